The molecule has 0 bridgehead atoms. The molecule has 1 aromatic carbocycles. The number of carbonyl (C=O) groups is 1. The van der Waals surface area contributed by atoms with E-state index in [0.717, 1.165) is 56.6 Å². The third-order valence-corrected chi connectivity index (χ3v) is 4.93. The number of nitrogens with zero attached hydrogens (tertiary/aromatic N) is 3. The van der Waals surface area contributed by atoms with Crippen molar-refractivity contribution in [1.82, 2.24) is 15.1 Å². The molecule has 1 unspecified atom stereocenters. The number of amides is 1. The van der Waals surface area contributed by atoms with E-state index < -0.39 is 0 Å². The van der Waals surface area contributed by atoms with E-state index in [1.54, 1.807) is 0 Å². The summed E-state index contributed by atoms with van der Waals surface area (Å²) in [5.41, 5.74) is 1.93. The SMILES string of the molecule is CN=C(NCc1cccc(NC(C)=O)c1)N1CCC(N2CCOCC2)C1. The Kier molecular flexibility index (Phi) is 6.46. The Morgan fingerprint density at radius 2 is 2.12 bits per heavy atom. The van der Waals surface area contributed by atoms with E-state index in [4.69, 9.17) is 4.74 Å². The fourth-order valence-corrected chi connectivity index (χ4v) is 3.65. The quantitative estimate of drug-likeness (QED) is 0.623. The Morgan fingerprint density at radius 3 is 2.85 bits per heavy atom. The molecule has 7 nitrogen and oxygen atoms in total. The van der Waals surface area contributed by atoms with Crippen molar-refractivity contribution in [2.24, 2.45) is 4.99 Å². The molecule has 3 rings (SSSR count). The lowest BCUT2D eigenvalue weighted by molar-refractivity contribution is -0.114. The molecule has 2 aliphatic rings. The average molecular weight is 359 g/mol. The maximum absolute atomic E-state index is 11.2. The fraction of sp³-hybridized carbons (Fsp3) is 0.579. The standard InChI is InChI=1S/C19H29N5O2/c1-15(25)22-17-5-3-4-16(12-17)13-21-19(20-2)24-7-6-18(14-24)23-8-10-26-11-9-23/h3-5,12,18H,6-11,13-14H2,1-2H3,(H,20,21)(H,22,25). The molecule has 7 heteroatoms. The maximum atomic E-state index is 11.2. The van der Waals surface area contributed by atoms with Gasteiger partial charge < -0.3 is 20.3 Å². The van der Waals surface area contributed by atoms with Crippen LogP contribution in [0.5, 0.6) is 0 Å². The van der Waals surface area contributed by atoms with Crippen LogP contribution in [-0.2, 0) is 16.1 Å². The molecule has 2 saturated heterocycles. The highest BCUT2D eigenvalue weighted by Gasteiger charge is 2.30. The Balaban J connectivity index is 1.53. The van der Waals surface area contributed by atoms with Gasteiger partial charge in [0.2, 0.25) is 5.91 Å². The number of guanidine groups is 1. The number of hydrogen-bond acceptors (Lipinski definition) is 4. The van der Waals surface area contributed by atoms with E-state index in [2.05, 4.69) is 25.4 Å². The number of ether oxygens (including phenoxy) is 1. The van der Waals surface area contributed by atoms with Crippen LogP contribution in [0.25, 0.3) is 0 Å². The van der Waals surface area contributed by atoms with Crippen molar-refractivity contribution in [3.8, 4) is 0 Å². The minimum Gasteiger partial charge on any atom is -0.379 e. The third kappa shape index (κ3) is 4.95. The summed E-state index contributed by atoms with van der Waals surface area (Å²) in [4.78, 5) is 20.5. The molecule has 2 N–H and O–H groups in total. The van der Waals surface area contributed by atoms with Gasteiger partial charge in [-0.25, -0.2) is 0 Å². The number of carbonyl (C=O) groups excluding carboxylic acids is 1. The minimum atomic E-state index is -0.0582. The molecule has 2 heterocycles. The molecule has 0 aliphatic carbocycles. The van der Waals surface area contributed by atoms with Gasteiger partial charge in [0, 0.05) is 58.4 Å². The lowest BCUT2D eigenvalue weighted by Gasteiger charge is -2.32. The predicted octanol–water partition coefficient (Wildman–Crippen LogP) is 1.13. The van der Waals surface area contributed by atoms with Crippen molar-refractivity contribution in [2.75, 3.05) is 51.8 Å². The van der Waals surface area contributed by atoms with Crippen LogP contribution in [0.3, 0.4) is 0 Å². The molecular weight excluding hydrogens is 330 g/mol. The number of rotatable bonds is 4. The molecule has 2 aliphatic heterocycles. The van der Waals surface area contributed by atoms with Gasteiger partial charge in [0.1, 0.15) is 0 Å². The molecule has 0 spiro atoms. The first kappa shape index (κ1) is 18.7. The first-order chi connectivity index (χ1) is 12.7. The van der Waals surface area contributed by atoms with Crippen molar-refractivity contribution in [1.29, 1.82) is 0 Å². The highest BCUT2D eigenvalue weighted by atomic mass is 16.5. The molecule has 26 heavy (non-hydrogen) atoms. The number of likely N-dealkylation sites (tertiary alicyclic amines) is 1. The highest BCUT2D eigenvalue weighted by Crippen LogP contribution is 2.17. The summed E-state index contributed by atoms with van der Waals surface area (Å²) in [7, 11) is 1.83. The molecule has 0 saturated carbocycles. The Morgan fingerprint density at radius 1 is 1.31 bits per heavy atom. The number of hydrogen-bond donors (Lipinski definition) is 2. The van der Waals surface area contributed by atoms with E-state index in [-0.39, 0.29) is 5.91 Å². The van der Waals surface area contributed by atoms with E-state index in [9.17, 15) is 4.79 Å². The topological polar surface area (TPSA) is 69.2 Å². The van der Waals surface area contributed by atoms with Crippen molar-refractivity contribution in [2.45, 2.75) is 25.9 Å². The first-order valence-corrected chi connectivity index (χ1v) is 9.29. The van der Waals surface area contributed by atoms with E-state index in [1.807, 2.05) is 31.3 Å². The van der Waals surface area contributed by atoms with Crippen LogP contribution in [0.1, 0.15) is 18.9 Å². The molecule has 0 aromatic heterocycles. The summed E-state index contributed by atoms with van der Waals surface area (Å²) < 4.78 is 5.46. The van der Waals surface area contributed by atoms with Crippen molar-refractivity contribution in [3.05, 3.63) is 29.8 Å². The second-order valence-electron chi connectivity index (χ2n) is 6.82. The number of morpholine rings is 1. The zero-order valence-electron chi connectivity index (χ0n) is 15.7. The molecule has 1 amide bonds. The van der Waals surface area contributed by atoms with Gasteiger partial charge in [-0.05, 0) is 24.1 Å². The molecular formula is C19H29N5O2. The van der Waals surface area contributed by atoms with Crippen LogP contribution in [0, 0.1) is 0 Å². The van der Waals surface area contributed by atoms with Crippen molar-refractivity contribution < 1.29 is 9.53 Å². The van der Waals surface area contributed by atoms with Crippen LogP contribution in [0.4, 0.5) is 5.69 Å². The number of benzene rings is 1. The summed E-state index contributed by atoms with van der Waals surface area (Å²) in [5.74, 6) is 0.878. The molecule has 142 valence electrons. The Bertz CT molecular complexity index is 643. The van der Waals surface area contributed by atoms with Gasteiger partial charge >= 0.3 is 0 Å². The van der Waals surface area contributed by atoms with Gasteiger partial charge in [-0.2, -0.15) is 0 Å². The Hall–Kier alpha value is -2.12. The summed E-state index contributed by atoms with van der Waals surface area (Å²) in [6.07, 6.45) is 1.17. The van der Waals surface area contributed by atoms with E-state index >= 15 is 0 Å². The average Bonchev–Trinajstić information content (AvgIpc) is 3.13. The molecule has 0 radical (unpaired) electrons. The lowest BCUT2D eigenvalue weighted by Crippen LogP contribution is -2.46. The van der Waals surface area contributed by atoms with Gasteiger partial charge in [-0.1, -0.05) is 12.1 Å². The number of nitrogens with one attached hydrogen (secondary N) is 2. The van der Waals surface area contributed by atoms with Gasteiger partial charge in [-0.15, -0.1) is 0 Å². The van der Waals surface area contributed by atoms with Gasteiger partial charge in [0.15, 0.2) is 5.96 Å². The highest BCUT2D eigenvalue weighted by molar-refractivity contribution is 5.88. The minimum absolute atomic E-state index is 0.0582. The van der Waals surface area contributed by atoms with Crippen molar-refractivity contribution >= 4 is 17.6 Å². The summed E-state index contributed by atoms with van der Waals surface area (Å²) in [6, 6.07) is 8.47. The lowest BCUT2D eigenvalue weighted by atomic mass is 10.2. The molecule has 2 fully saturated rings. The van der Waals surface area contributed by atoms with Crippen molar-refractivity contribution in [3.63, 3.8) is 0 Å². The number of anilines is 1. The summed E-state index contributed by atoms with van der Waals surface area (Å²) in [5, 5.41) is 6.27. The molecule has 1 atom stereocenters. The zero-order chi connectivity index (χ0) is 18.4. The van der Waals surface area contributed by atoms with E-state index in [1.165, 1.54) is 13.3 Å². The third-order valence-electron chi connectivity index (χ3n) is 4.93. The fourth-order valence-electron chi connectivity index (χ4n) is 3.65. The van der Waals surface area contributed by atoms with Gasteiger partial charge in [0.25, 0.3) is 0 Å². The van der Waals surface area contributed by atoms with Crippen LogP contribution in [0.2, 0.25) is 0 Å². The van der Waals surface area contributed by atoms with Gasteiger partial charge in [0.05, 0.1) is 13.2 Å². The van der Waals surface area contributed by atoms with Gasteiger partial charge in [-0.3, -0.25) is 14.7 Å². The zero-order valence-corrected chi connectivity index (χ0v) is 15.7. The second kappa shape index (κ2) is 9.00. The predicted molar refractivity (Wildman–Crippen MR) is 103 cm³/mol. The smallest absolute Gasteiger partial charge is 0.221 e. The van der Waals surface area contributed by atoms with Crippen LogP contribution in [-0.4, -0.2) is 74.1 Å². The largest absolute Gasteiger partial charge is 0.379 e. The van der Waals surface area contributed by atoms with Crippen LogP contribution >= 0.6 is 0 Å². The maximum Gasteiger partial charge on any atom is 0.221 e. The Labute approximate surface area is 155 Å². The van der Waals surface area contributed by atoms with E-state index in [0.29, 0.717) is 12.6 Å². The van der Waals surface area contributed by atoms with Crippen LogP contribution in [0.15, 0.2) is 29.3 Å². The number of aliphatic imine (C=N–C) groups is 1. The summed E-state index contributed by atoms with van der Waals surface area (Å²) in [6.45, 7) is 7.96. The molecule has 1 aromatic rings. The first-order valence-electron chi connectivity index (χ1n) is 9.29. The summed E-state index contributed by atoms with van der Waals surface area (Å²) >= 11 is 0. The second-order valence-corrected chi connectivity index (χ2v) is 6.82. The normalized spacial score (nSPS) is 21.7. The van der Waals surface area contributed by atoms with Crippen LogP contribution < -0.4 is 10.6 Å². The monoisotopic (exact) mass is 359 g/mol.